The van der Waals surface area contributed by atoms with Crippen molar-refractivity contribution in [3.8, 4) is 11.5 Å². The molecule has 0 aromatic heterocycles. The smallest absolute Gasteiger partial charge is 0.184 e. The first-order chi connectivity index (χ1) is 24.8. The predicted octanol–water partition coefficient (Wildman–Crippen LogP) is 9.60. The summed E-state index contributed by atoms with van der Waals surface area (Å²) in [6.45, 7) is 9.36. The largest absolute Gasteiger partial charge is 0.457 e. The first-order valence-electron chi connectivity index (χ1n) is 17.9. The Bertz CT molecular complexity index is 2320. The van der Waals surface area contributed by atoms with E-state index in [1.165, 1.54) is 54.4 Å². The molecule has 3 heteroatoms. The maximum Gasteiger partial charge on any atom is 0.184 e. The molecule has 0 spiro atoms. The lowest BCUT2D eigenvalue weighted by Crippen LogP contribution is -2.75. The van der Waals surface area contributed by atoms with Gasteiger partial charge in [0.1, 0.15) is 11.5 Å². The van der Waals surface area contributed by atoms with Crippen LogP contribution in [0.4, 0.5) is 17.1 Å². The lowest BCUT2D eigenvalue weighted by molar-refractivity contribution is 0.421. The monoisotopic (exact) mass is 675 g/mol. The minimum Gasteiger partial charge on any atom is -0.457 e. The van der Waals surface area contributed by atoms with Crippen molar-refractivity contribution in [1.82, 2.24) is 0 Å². The lowest BCUT2D eigenvalue weighted by atomic mass is 9.73. The van der Waals surface area contributed by atoms with Crippen LogP contribution in [0.3, 0.4) is 0 Å². The van der Waals surface area contributed by atoms with Gasteiger partial charge >= 0.3 is 0 Å². The van der Waals surface area contributed by atoms with E-state index in [0.717, 1.165) is 17.2 Å². The topological polar surface area (TPSA) is 12.5 Å². The number of nitrogens with zero attached hydrogens (tertiary/aromatic N) is 1. The van der Waals surface area contributed by atoms with Gasteiger partial charge in [-0.25, -0.2) is 0 Å². The van der Waals surface area contributed by atoms with Gasteiger partial charge in [0.15, 0.2) is 8.07 Å². The zero-order valence-electron chi connectivity index (χ0n) is 29.6. The maximum atomic E-state index is 7.10. The predicted molar refractivity (Wildman–Crippen MR) is 216 cm³/mol. The number of anilines is 3. The molecule has 2 aliphatic rings. The van der Waals surface area contributed by atoms with Crippen LogP contribution in [0.15, 0.2) is 176 Å². The number of hydrogen-bond acceptors (Lipinski definition) is 2. The van der Waals surface area contributed by atoms with E-state index >= 15 is 0 Å². The summed E-state index contributed by atoms with van der Waals surface area (Å²) < 4.78 is 7.10. The molecule has 0 fully saturated rings. The van der Waals surface area contributed by atoms with Crippen molar-refractivity contribution in [3.05, 3.63) is 198 Å². The minimum absolute atomic E-state index is 0.128. The quantitative estimate of drug-likeness (QED) is 0.133. The molecule has 2 aliphatic heterocycles. The van der Waals surface area contributed by atoms with Gasteiger partial charge in [-0.15, -0.1) is 0 Å². The number of para-hydroxylation sites is 4. The molecule has 0 atom stereocenters. The SMILES string of the molecule is CC1(C)c2ccccc2N(c2cccc([Si](c3ccccc3)(c3ccccc3)c3cccc4c3Oc3ccccc3C4(C)C)c2)c2ccccc21. The van der Waals surface area contributed by atoms with E-state index in [0.29, 0.717) is 0 Å². The normalized spacial score (nSPS) is 15.1. The van der Waals surface area contributed by atoms with E-state index in [-0.39, 0.29) is 10.8 Å². The van der Waals surface area contributed by atoms with Gasteiger partial charge in [0.05, 0.1) is 11.4 Å². The molecule has 0 N–H and O–H groups in total. The van der Waals surface area contributed by atoms with E-state index in [2.05, 4.69) is 209 Å². The van der Waals surface area contributed by atoms with E-state index in [1.54, 1.807) is 0 Å². The number of benzene rings is 7. The Morgan fingerprint density at radius 3 is 1.53 bits per heavy atom. The molecule has 7 aromatic carbocycles. The summed E-state index contributed by atoms with van der Waals surface area (Å²) in [7, 11) is -3.02. The molecule has 0 saturated heterocycles. The summed E-state index contributed by atoms with van der Waals surface area (Å²) in [6.07, 6.45) is 0. The fraction of sp³-hybridized carbons (Fsp3) is 0.125. The average Bonchev–Trinajstić information content (AvgIpc) is 3.17. The molecule has 7 aromatic rings. The Morgan fingerprint density at radius 2 is 0.902 bits per heavy atom. The molecule has 0 radical (unpaired) electrons. The van der Waals surface area contributed by atoms with Gasteiger partial charge in [0, 0.05) is 27.6 Å². The number of fused-ring (bicyclic) bond motifs is 4. The van der Waals surface area contributed by atoms with Crippen molar-refractivity contribution in [2.24, 2.45) is 0 Å². The molecule has 0 amide bonds. The van der Waals surface area contributed by atoms with Crippen molar-refractivity contribution in [3.63, 3.8) is 0 Å². The molecule has 0 aliphatic carbocycles. The summed E-state index contributed by atoms with van der Waals surface area (Å²) in [4.78, 5) is 2.48. The molecule has 248 valence electrons. The fourth-order valence-electron chi connectivity index (χ4n) is 8.93. The fourth-order valence-corrected chi connectivity index (χ4v) is 13.8. The summed E-state index contributed by atoms with van der Waals surface area (Å²) in [6, 6.07) is 65.0. The summed E-state index contributed by atoms with van der Waals surface area (Å²) in [5.74, 6) is 1.92. The summed E-state index contributed by atoms with van der Waals surface area (Å²) in [5.41, 5.74) is 8.34. The van der Waals surface area contributed by atoms with Crippen molar-refractivity contribution in [1.29, 1.82) is 0 Å². The van der Waals surface area contributed by atoms with Crippen molar-refractivity contribution in [2.75, 3.05) is 4.90 Å². The first-order valence-corrected chi connectivity index (χ1v) is 19.9. The maximum absolute atomic E-state index is 7.10. The second-order valence-electron chi connectivity index (χ2n) is 14.9. The van der Waals surface area contributed by atoms with Crippen LogP contribution in [0, 0.1) is 0 Å². The third kappa shape index (κ3) is 4.61. The van der Waals surface area contributed by atoms with Gasteiger partial charge in [0.25, 0.3) is 0 Å². The van der Waals surface area contributed by atoms with Crippen LogP contribution >= 0.6 is 0 Å². The Hall–Kier alpha value is -5.64. The highest BCUT2D eigenvalue weighted by molar-refractivity contribution is 7.20. The van der Waals surface area contributed by atoms with Crippen LogP contribution in [0.5, 0.6) is 11.5 Å². The third-order valence-electron chi connectivity index (χ3n) is 11.5. The van der Waals surface area contributed by atoms with Crippen molar-refractivity contribution >= 4 is 45.9 Å². The van der Waals surface area contributed by atoms with Crippen molar-refractivity contribution in [2.45, 2.75) is 38.5 Å². The second kappa shape index (κ2) is 11.7. The van der Waals surface area contributed by atoms with Crippen LogP contribution in [-0.4, -0.2) is 8.07 Å². The highest BCUT2D eigenvalue weighted by Crippen LogP contribution is 2.52. The molecule has 0 bridgehead atoms. The van der Waals surface area contributed by atoms with Gasteiger partial charge in [-0.2, -0.15) is 0 Å². The first kappa shape index (κ1) is 31.3. The molecular weight excluding hydrogens is 635 g/mol. The Labute approximate surface area is 302 Å². The molecule has 51 heavy (non-hydrogen) atoms. The van der Waals surface area contributed by atoms with Gasteiger partial charge in [-0.05, 0) is 62.2 Å². The third-order valence-corrected chi connectivity index (χ3v) is 16.2. The highest BCUT2D eigenvalue weighted by atomic mass is 28.3. The van der Waals surface area contributed by atoms with Gasteiger partial charge in [-0.1, -0.05) is 173 Å². The lowest BCUT2D eigenvalue weighted by Gasteiger charge is -2.43. The molecule has 2 nitrogen and oxygen atoms in total. The highest BCUT2D eigenvalue weighted by Gasteiger charge is 2.47. The molecule has 0 unspecified atom stereocenters. The number of rotatable bonds is 5. The molecule has 2 heterocycles. The summed E-state index contributed by atoms with van der Waals surface area (Å²) >= 11 is 0. The Morgan fingerprint density at radius 1 is 0.431 bits per heavy atom. The van der Waals surface area contributed by atoms with Crippen LogP contribution in [0.25, 0.3) is 0 Å². The zero-order chi connectivity index (χ0) is 34.8. The van der Waals surface area contributed by atoms with Crippen LogP contribution in [0.2, 0.25) is 0 Å². The number of ether oxygens (including phenoxy) is 1. The molecular formula is C48H41NOSi. The average molecular weight is 676 g/mol. The summed E-state index contributed by atoms with van der Waals surface area (Å²) in [5, 5.41) is 5.22. The van der Waals surface area contributed by atoms with Gasteiger partial charge in [-0.3, -0.25) is 0 Å². The zero-order valence-corrected chi connectivity index (χ0v) is 30.6. The van der Waals surface area contributed by atoms with E-state index in [9.17, 15) is 0 Å². The standard InChI is InChI=1S/C48H41NOSi/c1-47(2)38-25-11-14-29-42(38)49(43-30-15-12-26-39(43)47)34-19-17-24-37(33-34)51(35-20-7-5-8-21-35,36-22-9-6-10-23-36)45-32-18-28-41-46(45)50-44-31-16-13-27-40(44)48(41,3)4/h5-33H,1-4H3. The van der Waals surface area contributed by atoms with E-state index < -0.39 is 8.07 Å². The molecule has 9 rings (SSSR count). The van der Waals surface area contributed by atoms with Crippen molar-refractivity contribution < 1.29 is 4.74 Å². The van der Waals surface area contributed by atoms with E-state index in [4.69, 9.17) is 4.74 Å². The second-order valence-corrected chi connectivity index (χ2v) is 18.7. The van der Waals surface area contributed by atoms with Gasteiger partial charge < -0.3 is 9.64 Å². The Balaban J connectivity index is 1.36. The van der Waals surface area contributed by atoms with Crippen LogP contribution < -0.4 is 30.4 Å². The molecule has 0 saturated carbocycles. The number of hydrogen-bond donors (Lipinski definition) is 0. The van der Waals surface area contributed by atoms with E-state index in [1.807, 2.05) is 0 Å². The Kier molecular flexibility index (Phi) is 7.20. The van der Waals surface area contributed by atoms with Crippen LogP contribution in [-0.2, 0) is 10.8 Å². The van der Waals surface area contributed by atoms with Crippen LogP contribution in [0.1, 0.15) is 49.9 Å². The van der Waals surface area contributed by atoms with Gasteiger partial charge in [0.2, 0.25) is 0 Å². The minimum atomic E-state index is -3.02.